The molecule has 0 spiro atoms. The van der Waals surface area contributed by atoms with E-state index in [1.807, 2.05) is 42.2 Å². The van der Waals surface area contributed by atoms with Crippen molar-refractivity contribution in [2.45, 2.75) is 31.2 Å². The van der Waals surface area contributed by atoms with Crippen molar-refractivity contribution in [3.63, 3.8) is 0 Å². The SMILES string of the molecule is CCN(Cc1ccccc1)C(=O)C1CCN(S(=O)(=O)c2ccc3c(c2)NC(=O)CO3)CC1. The van der Waals surface area contributed by atoms with Crippen molar-refractivity contribution < 1.29 is 22.7 Å². The number of benzene rings is 2. The third-order valence-corrected chi connectivity index (χ3v) is 7.83. The lowest BCUT2D eigenvalue weighted by Gasteiger charge is -2.33. The molecule has 2 aromatic rings. The lowest BCUT2D eigenvalue weighted by molar-refractivity contribution is -0.137. The number of piperidine rings is 1. The number of rotatable bonds is 6. The van der Waals surface area contributed by atoms with Crippen LogP contribution in [-0.2, 0) is 26.2 Å². The molecule has 32 heavy (non-hydrogen) atoms. The molecule has 2 amide bonds. The molecular weight excluding hydrogens is 430 g/mol. The number of ether oxygens (including phenoxy) is 1. The highest BCUT2D eigenvalue weighted by Gasteiger charge is 2.34. The molecule has 0 aliphatic carbocycles. The zero-order valence-corrected chi connectivity index (χ0v) is 18.8. The quantitative estimate of drug-likeness (QED) is 0.719. The Bertz CT molecular complexity index is 1100. The van der Waals surface area contributed by atoms with Crippen molar-refractivity contribution in [2.24, 2.45) is 5.92 Å². The average molecular weight is 458 g/mol. The second-order valence-corrected chi connectivity index (χ2v) is 9.95. The minimum absolute atomic E-state index is 0.0713. The maximum atomic E-state index is 13.1. The summed E-state index contributed by atoms with van der Waals surface area (Å²) in [4.78, 5) is 26.5. The number of hydrogen-bond donors (Lipinski definition) is 1. The smallest absolute Gasteiger partial charge is 0.262 e. The number of fused-ring (bicyclic) bond motifs is 1. The highest BCUT2D eigenvalue weighted by atomic mass is 32.2. The summed E-state index contributed by atoms with van der Waals surface area (Å²) in [7, 11) is -3.73. The van der Waals surface area contributed by atoms with Crippen LogP contribution in [0.15, 0.2) is 53.4 Å². The molecule has 0 radical (unpaired) electrons. The van der Waals surface area contributed by atoms with Crippen molar-refractivity contribution in [2.75, 3.05) is 31.6 Å². The summed E-state index contributed by atoms with van der Waals surface area (Å²) in [6.45, 7) is 3.59. The van der Waals surface area contributed by atoms with Gasteiger partial charge in [-0.05, 0) is 43.5 Å². The van der Waals surface area contributed by atoms with Crippen molar-refractivity contribution >= 4 is 27.5 Å². The summed E-state index contributed by atoms with van der Waals surface area (Å²) < 4.78 is 33.0. The minimum atomic E-state index is -3.73. The molecule has 2 aliphatic rings. The van der Waals surface area contributed by atoms with Crippen LogP contribution in [0.25, 0.3) is 0 Å². The van der Waals surface area contributed by atoms with Crippen LogP contribution in [0.2, 0.25) is 0 Å². The van der Waals surface area contributed by atoms with E-state index < -0.39 is 10.0 Å². The monoisotopic (exact) mass is 457 g/mol. The van der Waals surface area contributed by atoms with Crippen LogP contribution < -0.4 is 10.1 Å². The summed E-state index contributed by atoms with van der Waals surface area (Å²) in [5.41, 5.74) is 1.43. The Morgan fingerprint density at radius 1 is 1.16 bits per heavy atom. The molecule has 0 aromatic heterocycles. The van der Waals surface area contributed by atoms with E-state index in [9.17, 15) is 18.0 Å². The van der Waals surface area contributed by atoms with Crippen molar-refractivity contribution in [1.29, 1.82) is 0 Å². The lowest BCUT2D eigenvalue weighted by Crippen LogP contribution is -2.44. The highest BCUT2D eigenvalue weighted by molar-refractivity contribution is 7.89. The number of hydrogen-bond acceptors (Lipinski definition) is 5. The van der Waals surface area contributed by atoms with E-state index in [2.05, 4.69) is 5.32 Å². The van der Waals surface area contributed by atoms with Crippen molar-refractivity contribution in [3.8, 4) is 5.75 Å². The summed E-state index contributed by atoms with van der Waals surface area (Å²) in [5.74, 6) is 0.0108. The fraction of sp³-hybridized carbons (Fsp3) is 0.391. The maximum absolute atomic E-state index is 13.1. The lowest BCUT2D eigenvalue weighted by atomic mass is 9.96. The standard InChI is InChI=1S/C23H27N3O5S/c1-2-25(15-17-6-4-3-5-7-17)23(28)18-10-12-26(13-11-18)32(29,30)19-8-9-21-20(14-19)24-22(27)16-31-21/h3-9,14,18H,2,10-13,15-16H2,1H3,(H,24,27). The predicted octanol–water partition coefficient (Wildman–Crippen LogP) is 2.47. The Labute approximate surface area is 188 Å². The number of nitrogens with zero attached hydrogens (tertiary/aromatic N) is 2. The Kier molecular flexibility index (Phi) is 6.48. The fourth-order valence-electron chi connectivity index (χ4n) is 4.12. The number of sulfonamides is 1. The normalized spacial score (nSPS) is 17.2. The third-order valence-electron chi connectivity index (χ3n) is 5.93. The maximum Gasteiger partial charge on any atom is 0.262 e. The van der Waals surface area contributed by atoms with E-state index in [1.165, 1.54) is 16.4 Å². The van der Waals surface area contributed by atoms with Gasteiger partial charge >= 0.3 is 0 Å². The van der Waals surface area contributed by atoms with E-state index in [4.69, 9.17) is 4.74 Å². The topological polar surface area (TPSA) is 96.0 Å². The first-order chi connectivity index (χ1) is 15.4. The summed E-state index contributed by atoms with van der Waals surface area (Å²) in [6.07, 6.45) is 0.961. The zero-order chi connectivity index (χ0) is 22.7. The van der Waals surface area contributed by atoms with Gasteiger partial charge < -0.3 is 15.0 Å². The van der Waals surface area contributed by atoms with Crippen LogP contribution in [-0.4, -0.2) is 55.7 Å². The Hall–Kier alpha value is -2.91. The Balaban J connectivity index is 1.41. The fourth-order valence-corrected chi connectivity index (χ4v) is 5.62. The van der Waals surface area contributed by atoms with Gasteiger partial charge in [0.25, 0.3) is 5.91 Å². The molecule has 170 valence electrons. The Morgan fingerprint density at radius 2 is 1.88 bits per heavy atom. The summed E-state index contributed by atoms with van der Waals surface area (Å²) in [5, 5.41) is 2.64. The molecule has 1 N–H and O–H groups in total. The molecule has 4 rings (SSSR count). The molecule has 0 bridgehead atoms. The van der Waals surface area contributed by atoms with Gasteiger partial charge in [0.2, 0.25) is 15.9 Å². The zero-order valence-electron chi connectivity index (χ0n) is 18.0. The van der Waals surface area contributed by atoms with E-state index in [1.54, 1.807) is 6.07 Å². The third kappa shape index (κ3) is 4.63. The molecule has 2 heterocycles. The van der Waals surface area contributed by atoms with Gasteiger partial charge in [-0.2, -0.15) is 4.31 Å². The van der Waals surface area contributed by atoms with E-state index in [0.717, 1.165) is 5.56 Å². The molecule has 0 saturated carbocycles. The van der Waals surface area contributed by atoms with Gasteiger partial charge in [-0.3, -0.25) is 9.59 Å². The number of nitrogens with one attached hydrogen (secondary N) is 1. The molecule has 2 aromatic carbocycles. The number of carbonyl (C=O) groups is 2. The molecule has 2 aliphatic heterocycles. The van der Waals surface area contributed by atoms with Crippen LogP contribution in [0.1, 0.15) is 25.3 Å². The van der Waals surface area contributed by atoms with Crippen LogP contribution in [0, 0.1) is 5.92 Å². The largest absolute Gasteiger partial charge is 0.482 e. The van der Waals surface area contributed by atoms with E-state index >= 15 is 0 Å². The molecule has 1 saturated heterocycles. The van der Waals surface area contributed by atoms with Gasteiger partial charge in [0.05, 0.1) is 10.6 Å². The van der Waals surface area contributed by atoms with Crippen molar-refractivity contribution in [3.05, 3.63) is 54.1 Å². The van der Waals surface area contributed by atoms with Crippen LogP contribution in [0.4, 0.5) is 5.69 Å². The van der Waals surface area contributed by atoms with Crippen LogP contribution in [0.3, 0.4) is 0 Å². The second kappa shape index (κ2) is 9.30. The first-order valence-electron chi connectivity index (χ1n) is 10.8. The molecule has 0 unspecified atom stereocenters. The highest BCUT2D eigenvalue weighted by Crippen LogP contribution is 2.32. The molecule has 1 fully saturated rings. The van der Waals surface area contributed by atoms with E-state index in [-0.39, 0.29) is 42.3 Å². The predicted molar refractivity (Wildman–Crippen MR) is 120 cm³/mol. The van der Waals surface area contributed by atoms with Crippen LogP contribution >= 0.6 is 0 Å². The average Bonchev–Trinajstić information content (AvgIpc) is 2.82. The van der Waals surface area contributed by atoms with E-state index in [0.29, 0.717) is 37.4 Å². The second-order valence-electron chi connectivity index (χ2n) is 8.01. The summed E-state index contributed by atoms with van der Waals surface area (Å²) in [6, 6.07) is 14.3. The van der Waals surface area contributed by atoms with Gasteiger partial charge in [0, 0.05) is 32.1 Å². The minimum Gasteiger partial charge on any atom is -0.482 e. The number of anilines is 1. The van der Waals surface area contributed by atoms with Gasteiger partial charge in [-0.1, -0.05) is 30.3 Å². The van der Waals surface area contributed by atoms with Gasteiger partial charge in [0.15, 0.2) is 6.61 Å². The number of amides is 2. The number of carbonyl (C=O) groups excluding carboxylic acids is 2. The van der Waals surface area contributed by atoms with Gasteiger partial charge in [0.1, 0.15) is 5.75 Å². The van der Waals surface area contributed by atoms with Gasteiger partial charge in [-0.15, -0.1) is 0 Å². The molecule has 0 atom stereocenters. The van der Waals surface area contributed by atoms with Crippen LogP contribution in [0.5, 0.6) is 5.75 Å². The summed E-state index contributed by atoms with van der Waals surface area (Å²) >= 11 is 0. The molecule has 9 heteroatoms. The first-order valence-corrected chi connectivity index (χ1v) is 12.2. The first kappa shape index (κ1) is 22.3. The van der Waals surface area contributed by atoms with Crippen molar-refractivity contribution in [1.82, 2.24) is 9.21 Å². The Morgan fingerprint density at radius 3 is 2.56 bits per heavy atom. The molecular formula is C23H27N3O5S. The van der Waals surface area contributed by atoms with Gasteiger partial charge in [-0.25, -0.2) is 8.42 Å². The molecule has 8 nitrogen and oxygen atoms in total.